The highest BCUT2D eigenvalue weighted by Crippen LogP contribution is 2.40. The van der Waals surface area contributed by atoms with Gasteiger partial charge in [0.2, 0.25) is 0 Å². The molecule has 2 aromatic rings. The standard InChI is InChI=1S/C19H22N2O3S/c1-3-21(4-2)12-11-20-14-9-10-15(22)19-17(14)18(23)13-7-5-6-8-16(13)25(19)24/h5-10,20,22H,3-4,11-12H2,1-2H3. The SMILES string of the molecule is CCN(CC)CCNc1ccc(O)c2c1C(=O)c1ccccc1S2=O. The summed E-state index contributed by atoms with van der Waals surface area (Å²) in [5.74, 6) is -0.308. The second kappa shape index (κ2) is 7.37. The number of ketones is 1. The molecule has 0 bridgehead atoms. The van der Waals surface area contributed by atoms with Crippen LogP contribution in [0.4, 0.5) is 5.69 Å². The molecule has 0 amide bonds. The van der Waals surface area contributed by atoms with Crippen LogP contribution in [0.3, 0.4) is 0 Å². The summed E-state index contributed by atoms with van der Waals surface area (Å²) in [6, 6.07) is 10.0. The second-order valence-corrected chi connectivity index (χ2v) is 7.27. The summed E-state index contributed by atoms with van der Waals surface area (Å²) in [7, 11) is -1.57. The molecule has 0 aromatic heterocycles. The van der Waals surface area contributed by atoms with Crippen molar-refractivity contribution >= 4 is 22.3 Å². The van der Waals surface area contributed by atoms with Crippen LogP contribution in [-0.4, -0.2) is 46.2 Å². The second-order valence-electron chi connectivity index (χ2n) is 5.88. The van der Waals surface area contributed by atoms with Crippen LogP contribution in [0.25, 0.3) is 0 Å². The Morgan fingerprint density at radius 1 is 1.12 bits per heavy atom. The van der Waals surface area contributed by atoms with Crippen molar-refractivity contribution in [3.05, 3.63) is 47.5 Å². The minimum Gasteiger partial charge on any atom is -0.507 e. The highest BCUT2D eigenvalue weighted by molar-refractivity contribution is 7.85. The Morgan fingerprint density at radius 3 is 2.56 bits per heavy atom. The number of anilines is 1. The first-order chi connectivity index (χ1) is 12.1. The average molecular weight is 358 g/mol. The van der Waals surface area contributed by atoms with Gasteiger partial charge < -0.3 is 15.3 Å². The molecule has 0 saturated heterocycles. The molecule has 0 aliphatic carbocycles. The first-order valence-electron chi connectivity index (χ1n) is 8.46. The van der Waals surface area contributed by atoms with E-state index >= 15 is 0 Å². The lowest BCUT2D eigenvalue weighted by Gasteiger charge is -2.23. The van der Waals surface area contributed by atoms with E-state index in [2.05, 4.69) is 24.1 Å². The predicted octanol–water partition coefficient (Wildman–Crippen LogP) is 2.86. The van der Waals surface area contributed by atoms with Gasteiger partial charge in [0.05, 0.1) is 26.2 Å². The molecule has 3 rings (SSSR count). The van der Waals surface area contributed by atoms with Crippen LogP contribution in [0.15, 0.2) is 46.2 Å². The normalized spacial score (nSPS) is 15.8. The molecule has 0 spiro atoms. The van der Waals surface area contributed by atoms with E-state index in [4.69, 9.17) is 0 Å². The van der Waals surface area contributed by atoms with E-state index in [1.807, 2.05) is 0 Å². The van der Waals surface area contributed by atoms with E-state index in [9.17, 15) is 14.1 Å². The molecule has 25 heavy (non-hydrogen) atoms. The van der Waals surface area contributed by atoms with Gasteiger partial charge in [-0.3, -0.25) is 4.79 Å². The average Bonchev–Trinajstić information content (AvgIpc) is 2.64. The lowest BCUT2D eigenvalue weighted by Crippen LogP contribution is -2.29. The summed E-state index contributed by atoms with van der Waals surface area (Å²) < 4.78 is 12.9. The van der Waals surface area contributed by atoms with Crippen LogP contribution in [0.5, 0.6) is 5.75 Å². The van der Waals surface area contributed by atoms with E-state index in [-0.39, 0.29) is 16.4 Å². The van der Waals surface area contributed by atoms with Crippen LogP contribution < -0.4 is 5.32 Å². The number of rotatable bonds is 6. The molecule has 5 nitrogen and oxygen atoms in total. The van der Waals surface area contributed by atoms with Crippen molar-refractivity contribution in [1.29, 1.82) is 0 Å². The van der Waals surface area contributed by atoms with Crippen LogP contribution in [0, 0.1) is 0 Å². The number of nitrogens with one attached hydrogen (secondary N) is 1. The quantitative estimate of drug-likeness (QED) is 0.663. The largest absolute Gasteiger partial charge is 0.507 e. The fourth-order valence-corrected chi connectivity index (χ4v) is 4.51. The molecule has 0 radical (unpaired) electrons. The minimum atomic E-state index is -1.57. The number of aromatic hydroxyl groups is 1. The molecule has 1 aliphatic heterocycles. The van der Waals surface area contributed by atoms with E-state index in [1.165, 1.54) is 6.07 Å². The molecule has 6 heteroatoms. The maximum atomic E-state index is 12.9. The number of fused-ring (bicyclic) bond motifs is 2. The molecule has 1 aliphatic rings. The van der Waals surface area contributed by atoms with Crippen molar-refractivity contribution in [2.45, 2.75) is 23.6 Å². The Labute approximate surface area is 150 Å². The number of hydrogen-bond donors (Lipinski definition) is 2. The zero-order valence-corrected chi connectivity index (χ0v) is 15.2. The van der Waals surface area contributed by atoms with Crippen molar-refractivity contribution < 1.29 is 14.1 Å². The van der Waals surface area contributed by atoms with Gasteiger partial charge in [-0.25, -0.2) is 4.21 Å². The lowest BCUT2D eigenvalue weighted by atomic mass is 10.00. The van der Waals surface area contributed by atoms with Crippen molar-refractivity contribution in [2.24, 2.45) is 0 Å². The van der Waals surface area contributed by atoms with Gasteiger partial charge in [0.15, 0.2) is 5.78 Å². The van der Waals surface area contributed by atoms with Gasteiger partial charge >= 0.3 is 0 Å². The van der Waals surface area contributed by atoms with Crippen molar-refractivity contribution in [3.8, 4) is 5.75 Å². The van der Waals surface area contributed by atoms with Gasteiger partial charge in [-0.2, -0.15) is 0 Å². The zero-order chi connectivity index (χ0) is 18.0. The van der Waals surface area contributed by atoms with Gasteiger partial charge in [0, 0.05) is 24.3 Å². The molecule has 132 valence electrons. The Morgan fingerprint density at radius 2 is 1.84 bits per heavy atom. The topological polar surface area (TPSA) is 69.6 Å². The van der Waals surface area contributed by atoms with Crippen LogP contribution in [0.2, 0.25) is 0 Å². The Kier molecular flexibility index (Phi) is 5.20. The molecular formula is C19H22N2O3S. The van der Waals surface area contributed by atoms with Crippen LogP contribution >= 0.6 is 0 Å². The summed E-state index contributed by atoms with van der Waals surface area (Å²) in [6.45, 7) is 7.65. The fourth-order valence-electron chi connectivity index (χ4n) is 3.08. The maximum absolute atomic E-state index is 12.9. The van der Waals surface area contributed by atoms with Gasteiger partial charge in [-0.05, 0) is 37.4 Å². The van der Waals surface area contributed by atoms with Gasteiger partial charge in [0.25, 0.3) is 0 Å². The number of carbonyl (C=O) groups excluding carboxylic acids is 1. The third-order valence-corrected chi connectivity index (χ3v) is 6.06. The smallest absolute Gasteiger partial charge is 0.197 e. The summed E-state index contributed by atoms with van der Waals surface area (Å²) in [5, 5.41) is 13.5. The molecule has 2 aromatic carbocycles. The Balaban J connectivity index is 1.96. The highest BCUT2D eigenvalue weighted by Gasteiger charge is 2.33. The van der Waals surface area contributed by atoms with E-state index in [0.29, 0.717) is 28.3 Å². The van der Waals surface area contributed by atoms with E-state index in [0.717, 1.165) is 19.6 Å². The molecule has 0 fully saturated rings. The molecule has 2 N–H and O–H groups in total. The summed E-state index contributed by atoms with van der Waals surface area (Å²) in [4.78, 5) is 15.9. The molecular weight excluding hydrogens is 336 g/mol. The zero-order valence-electron chi connectivity index (χ0n) is 14.4. The highest BCUT2D eigenvalue weighted by atomic mass is 32.2. The van der Waals surface area contributed by atoms with Crippen molar-refractivity contribution in [2.75, 3.05) is 31.5 Å². The number of likely N-dealkylation sites (N-methyl/N-ethyl adjacent to an activating group) is 1. The molecule has 1 unspecified atom stereocenters. The van der Waals surface area contributed by atoms with E-state index in [1.54, 1.807) is 30.3 Å². The Hall–Kier alpha value is -2.18. The number of phenols is 1. The molecule has 1 heterocycles. The van der Waals surface area contributed by atoms with Crippen LogP contribution in [-0.2, 0) is 10.8 Å². The number of nitrogens with zero attached hydrogens (tertiary/aromatic N) is 1. The van der Waals surface area contributed by atoms with E-state index < -0.39 is 10.8 Å². The summed E-state index contributed by atoms with van der Waals surface area (Å²) >= 11 is 0. The molecule has 0 saturated carbocycles. The van der Waals surface area contributed by atoms with Crippen molar-refractivity contribution in [1.82, 2.24) is 4.90 Å². The number of benzene rings is 2. The van der Waals surface area contributed by atoms with Gasteiger partial charge in [-0.1, -0.05) is 26.0 Å². The number of carbonyl (C=O) groups is 1. The fraction of sp³-hybridized carbons (Fsp3) is 0.316. The van der Waals surface area contributed by atoms with Crippen molar-refractivity contribution in [3.63, 3.8) is 0 Å². The third kappa shape index (κ3) is 3.19. The lowest BCUT2D eigenvalue weighted by molar-refractivity contribution is 0.103. The Bertz CT molecular complexity index is 831. The maximum Gasteiger partial charge on any atom is 0.197 e. The van der Waals surface area contributed by atoms with Gasteiger partial charge in [0.1, 0.15) is 5.75 Å². The first kappa shape index (κ1) is 17.6. The number of phenolic OH excluding ortho intramolecular Hbond substituents is 1. The first-order valence-corrected chi connectivity index (χ1v) is 9.61. The monoisotopic (exact) mass is 358 g/mol. The summed E-state index contributed by atoms with van der Waals surface area (Å²) in [6.07, 6.45) is 0. The third-order valence-electron chi connectivity index (χ3n) is 4.52. The van der Waals surface area contributed by atoms with Crippen LogP contribution in [0.1, 0.15) is 29.8 Å². The van der Waals surface area contributed by atoms with Gasteiger partial charge in [-0.15, -0.1) is 0 Å². The predicted molar refractivity (Wildman–Crippen MR) is 98.9 cm³/mol. The summed E-state index contributed by atoms with van der Waals surface area (Å²) in [5.41, 5.74) is 1.37. The minimum absolute atomic E-state index is 0.106. The number of hydrogen-bond acceptors (Lipinski definition) is 5. The molecule has 1 atom stereocenters.